The maximum absolute atomic E-state index is 5.68. The summed E-state index contributed by atoms with van der Waals surface area (Å²) in [5.41, 5.74) is 23.0. The lowest BCUT2D eigenvalue weighted by Gasteiger charge is -2.27. The van der Waals surface area contributed by atoms with E-state index in [9.17, 15) is 0 Å². The molecule has 65 heavy (non-hydrogen) atoms. The highest BCUT2D eigenvalue weighted by molar-refractivity contribution is 6.16. The van der Waals surface area contributed by atoms with Gasteiger partial charge in [0.05, 0.1) is 22.6 Å². The smallest absolute Gasteiger partial charge is 0.130 e. The highest BCUT2D eigenvalue weighted by atomic mass is 15.3. The first-order chi connectivity index (χ1) is 31.7. The van der Waals surface area contributed by atoms with Crippen LogP contribution in [0.5, 0.6) is 0 Å². The summed E-state index contributed by atoms with van der Waals surface area (Å²) >= 11 is 0. The lowest BCUT2D eigenvalue weighted by atomic mass is 9.81. The Labute approximate surface area is 380 Å². The number of fused-ring (bicyclic) bond motifs is 10. The van der Waals surface area contributed by atoms with Gasteiger partial charge in [0.25, 0.3) is 0 Å². The quantitative estimate of drug-likeness (QED) is 0.175. The highest BCUT2D eigenvalue weighted by Gasteiger charge is 2.37. The van der Waals surface area contributed by atoms with Gasteiger partial charge in [-0.1, -0.05) is 179 Å². The maximum atomic E-state index is 5.68. The predicted molar refractivity (Wildman–Crippen MR) is 272 cm³/mol. The van der Waals surface area contributed by atoms with E-state index in [2.05, 4.69) is 238 Å². The Morgan fingerprint density at radius 3 is 1.63 bits per heavy atom. The molecule has 2 aliphatic carbocycles. The molecule has 1 aliphatic heterocycles. The van der Waals surface area contributed by atoms with Crippen LogP contribution in [0.3, 0.4) is 0 Å². The lowest BCUT2D eigenvalue weighted by molar-refractivity contribution is 0.660. The van der Waals surface area contributed by atoms with Crippen LogP contribution in [-0.2, 0) is 10.8 Å². The summed E-state index contributed by atoms with van der Waals surface area (Å²) in [6.45, 7) is 9.46. The molecule has 1 N–H and O–H groups in total. The molecule has 3 nitrogen and oxygen atoms in total. The van der Waals surface area contributed by atoms with Gasteiger partial charge in [0.15, 0.2) is 0 Å². The Hall–Kier alpha value is -7.75. The summed E-state index contributed by atoms with van der Waals surface area (Å²) in [4.78, 5) is 8.10. The first kappa shape index (κ1) is 37.8. The van der Waals surface area contributed by atoms with Gasteiger partial charge >= 0.3 is 0 Å². The molecule has 0 radical (unpaired) electrons. The number of nitrogens with zero attached hydrogens (tertiary/aromatic N) is 2. The molecule has 1 aromatic heterocycles. The summed E-state index contributed by atoms with van der Waals surface area (Å²) in [6.07, 6.45) is -0.0411. The van der Waals surface area contributed by atoms with Gasteiger partial charge in [0.1, 0.15) is 6.17 Å². The topological polar surface area (TPSA) is 28.2 Å². The summed E-state index contributed by atoms with van der Waals surface area (Å²) in [6, 6.07) is 74.0. The second-order valence-corrected chi connectivity index (χ2v) is 19.2. The van der Waals surface area contributed by atoms with Gasteiger partial charge in [0, 0.05) is 32.9 Å². The number of rotatable bonds is 5. The number of nitrogens with one attached hydrogen (secondary N) is 1. The van der Waals surface area contributed by atoms with E-state index in [1.807, 2.05) is 0 Å². The molecule has 3 heteroatoms. The minimum absolute atomic E-state index is 0.0411. The van der Waals surface area contributed by atoms with Gasteiger partial charge in [0.2, 0.25) is 0 Å². The summed E-state index contributed by atoms with van der Waals surface area (Å²) < 4.78 is 0. The monoisotopic (exact) mass is 833 g/mol. The van der Waals surface area contributed by atoms with Crippen molar-refractivity contribution in [1.82, 2.24) is 4.98 Å². The van der Waals surface area contributed by atoms with Crippen molar-refractivity contribution in [2.45, 2.75) is 44.7 Å². The number of anilines is 3. The van der Waals surface area contributed by atoms with Gasteiger partial charge in [-0.3, -0.25) is 0 Å². The molecular formula is C62H47N3. The van der Waals surface area contributed by atoms with E-state index in [1.165, 1.54) is 72.1 Å². The summed E-state index contributed by atoms with van der Waals surface area (Å²) in [5.74, 6) is 0. The van der Waals surface area contributed by atoms with Crippen LogP contribution in [0.1, 0.15) is 61.7 Å². The highest BCUT2D eigenvalue weighted by Crippen LogP contribution is 2.53. The molecule has 10 aromatic rings. The number of hydrogen-bond acceptors (Lipinski definition) is 3. The average Bonchev–Trinajstić information content (AvgIpc) is 3.93. The van der Waals surface area contributed by atoms with Crippen LogP contribution in [0.25, 0.3) is 77.4 Å². The number of benzene rings is 9. The van der Waals surface area contributed by atoms with E-state index < -0.39 is 0 Å². The van der Waals surface area contributed by atoms with Crippen molar-refractivity contribution < 1.29 is 0 Å². The molecule has 1 unspecified atom stereocenters. The largest absolute Gasteiger partial charge is 0.359 e. The standard InChI is InChI=1S/C62H47N3/c1-61(2)52-25-15-13-22-44(52)46-30-27-39(33-54(46)61)50-37-56(41-28-31-47-45-23-14-16-26-53(45)62(3,4)55(47)34-41)63-59-48-24-12-11-21-43(48)49(36-51(50)59)40-29-32-58-57(35-40)64-60(38-17-7-5-8-18-38)65(58)42-19-9-6-10-20-42/h5-37,60,64H,1-4H3. The minimum Gasteiger partial charge on any atom is -0.359 e. The lowest BCUT2D eigenvalue weighted by Crippen LogP contribution is -2.23. The van der Waals surface area contributed by atoms with Crippen LogP contribution >= 0.6 is 0 Å². The van der Waals surface area contributed by atoms with Crippen molar-refractivity contribution in [2.75, 3.05) is 10.2 Å². The Bertz CT molecular complexity index is 3580. The Kier molecular flexibility index (Phi) is 8.06. The van der Waals surface area contributed by atoms with E-state index in [-0.39, 0.29) is 17.0 Å². The van der Waals surface area contributed by atoms with Crippen LogP contribution in [0.15, 0.2) is 200 Å². The number of aromatic nitrogens is 1. The molecule has 0 bridgehead atoms. The van der Waals surface area contributed by atoms with Crippen molar-refractivity contribution in [3.8, 4) is 55.8 Å². The maximum Gasteiger partial charge on any atom is 0.130 e. The molecule has 2 heterocycles. The molecule has 0 fully saturated rings. The Morgan fingerprint density at radius 2 is 0.938 bits per heavy atom. The molecule has 0 amide bonds. The summed E-state index contributed by atoms with van der Waals surface area (Å²) in [7, 11) is 0. The van der Waals surface area contributed by atoms with Crippen LogP contribution < -0.4 is 10.2 Å². The van der Waals surface area contributed by atoms with Gasteiger partial charge in [-0.25, -0.2) is 4.98 Å². The fourth-order valence-electron chi connectivity index (χ4n) is 11.5. The van der Waals surface area contributed by atoms with Crippen molar-refractivity contribution in [2.24, 2.45) is 0 Å². The third kappa shape index (κ3) is 5.58. The van der Waals surface area contributed by atoms with Crippen LogP contribution in [0.2, 0.25) is 0 Å². The number of hydrogen-bond donors (Lipinski definition) is 1. The molecule has 0 spiro atoms. The van der Waals surface area contributed by atoms with Crippen molar-refractivity contribution >= 4 is 38.7 Å². The molecule has 13 rings (SSSR count). The SMILES string of the molecule is CC1(C)c2ccccc2-c2ccc(-c3cc(-c4ccc5c(c4)C(C)(C)c4ccccc4-5)c4cc(-c5ccc6c(c5)NC(c5ccccc5)N6c5ccccc5)c5ccccc5c4n3)cc21. The molecule has 0 saturated carbocycles. The first-order valence-electron chi connectivity index (χ1n) is 22.9. The van der Waals surface area contributed by atoms with Gasteiger partial charge in [-0.2, -0.15) is 0 Å². The third-order valence-electron chi connectivity index (χ3n) is 14.9. The number of para-hydroxylation sites is 1. The normalized spacial score (nSPS) is 15.9. The molecule has 3 aliphatic rings. The second kappa shape index (κ2) is 13.9. The van der Waals surface area contributed by atoms with Gasteiger partial charge in [-0.05, 0) is 126 Å². The van der Waals surface area contributed by atoms with Crippen molar-refractivity contribution in [1.29, 1.82) is 0 Å². The van der Waals surface area contributed by atoms with E-state index in [0.29, 0.717) is 0 Å². The average molecular weight is 834 g/mol. The molecule has 0 saturated heterocycles. The van der Waals surface area contributed by atoms with E-state index in [0.717, 1.165) is 50.2 Å². The van der Waals surface area contributed by atoms with Gasteiger partial charge in [-0.15, -0.1) is 0 Å². The van der Waals surface area contributed by atoms with Gasteiger partial charge < -0.3 is 10.2 Å². The zero-order valence-corrected chi connectivity index (χ0v) is 37.0. The Morgan fingerprint density at radius 1 is 0.415 bits per heavy atom. The van der Waals surface area contributed by atoms with Crippen LogP contribution in [0, 0.1) is 0 Å². The molecule has 1 atom stereocenters. The molecule has 9 aromatic carbocycles. The summed E-state index contributed by atoms with van der Waals surface area (Å²) in [5, 5.41) is 7.41. The minimum atomic E-state index is -0.130. The Balaban J connectivity index is 1.03. The molecule has 310 valence electrons. The van der Waals surface area contributed by atoms with Crippen molar-refractivity contribution in [3.05, 3.63) is 228 Å². The van der Waals surface area contributed by atoms with E-state index >= 15 is 0 Å². The fourth-order valence-corrected chi connectivity index (χ4v) is 11.5. The number of pyridine rings is 1. The molecular weight excluding hydrogens is 787 g/mol. The van der Waals surface area contributed by atoms with Crippen LogP contribution in [-0.4, -0.2) is 4.98 Å². The zero-order valence-electron chi connectivity index (χ0n) is 37.0. The third-order valence-corrected chi connectivity index (χ3v) is 14.9. The second-order valence-electron chi connectivity index (χ2n) is 19.2. The van der Waals surface area contributed by atoms with Crippen molar-refractivity contribution in [3.63, 3.8) is 0 Å². The first-order valence-corrected chi connectivity index (χ1v) is 22.9. The predicted octanol–water partition coefficient (Wildman–Crippen LogP) is 16.3. The van der Waals surface area contributed by atoms with E-state index in [4.69, 9.17) is 4.98 Å². The fraction of sp³-hybridized carbons (Fsp3) is 0.113. The zero-order chi connectivity index (χ0) is 43.6. The van der Waals surface area contributed by atoms with Crippen LogP contribution in [0.4, 0.5) is 17.1 Å². The van der Waals surface area contributed by atoms with E-state index in [1.54, 1.807) is 0 Å².